The summed E-state index contributed by atoms with van der Waals surface area (Å²) in [5.41, 5.74) is 3.57. The Morgan fingerprint density at radius 3 is 2.67 bits per heavy atom. The number of hydrogen-bond donors (Lipinski definition) is 1. The second-order valence-corrected chi connectivity index (χ2v) is 4.80. The molecule has 3 rings (SSSR count). The molecule has 0 saturated carbocycles. The number of phenolic OH excluding ortho intramolecular Hbond substituents is 1. The van der Waals surface area contributed by atoms with Gasteiger partial charge in [-0.1, -0.05) is 42.5 Å². The van der Waals surface area contributed by atoms with Crippen LogP contribution < -0.4 is 4.90 Å². The zero-order chi connectivity index (χ0) is 12.4. The van der Waals surface area contributed by atoms with Crippen molar-refractivity contribution in [3.63, 3.8) is 0 Å². The summed E-state index contributed by atoms with van der Waals surface area (Å²) in [6.07, 6.45) is 2.22. The van der Waals surface area contributed by atoms with E-state index in [1.165, 1.54) is 11.1 Å². The highest BCUT2D eigenvalue weighted by Crippen LogP contribution is 2.36. The SMILES string of the molecule is Oc1cccc2c1N(Cc1ccccc1)CCC2. The Bertz CT molecular complexity index is 536. The van der Waals surface area contributed by atoms with E-state index < -0.39 is 0 Å². The van der Waals surface area contributed by atoms with Gasteiger partial charge in [0.1, 0.15) is 5.75 Å². The lowest BCUT2D eigenvalue weighted by atomic mass is 10.0. The summed E-state index contributed by atoms with van der Waals surface area (Å²) >= 11 is 0. The molecule has 92 valence electrons. The van der Waals surface area contributed by atoms with Crippen LogP contribution in [0.3, 0.4) is 0 Å². The van der Waals surface area contributed by atoms with Crippen LogP contribution in [0.5, 0.6) is 5.75 Å². The van der Waals surface area contributed by atoms with Crippen molar-refractivity contribution in [1.29, 1.82) is 0 Å². The van der Waals surface area contributed by atoms with Crippen molar-refractivity contribution < 1.29 is 5.11 Å². The summed E-state index contributed by atoms with van der Waals surface area (Å²) in [5, 5.41) is 10.1. The summed E-state index contributed by atoms with van der Waals surface area (Å²) < 4.78 is 0. The fraction of sp³-hybridized carbons (Fsp3) is 0.250. The predicted molar refractivity (Wildman–Crippen MR) is 73.9 cm³/mol. The number of fused-ring (bicyclic) bond motifs is 1. The Morgan fingerprint density at radius 1 is 1.00 bits per heavy atom. The van der Waals surface area contributed by atoms with Crippen LogP contribution in [-0.4, -0.2) is 11.7 Å². The van der Waals surface area contributed by atoms with Crippen molar-refractivity contribution in [2.45, 2.75) is 19.4 Å². The standard InChI is InChI=1S/C16H17NO/c18-15-10-4-8-14-9-5-11-17(16(14)15)12-13-6-2-1-3-7-13/h1-4,6-8,10,18H,5,9,11-12H2. The second kappa shape index (κ2) is 4.73. The molecular weight excluding hydrogens is 222 g/mol. The Morgan fingerprint density at radius 2 is 1.83 bits per heavy atom. The molecule has 18 heavy (non-hydrogen) atoms. The molecule has 1 aliphatic rings. The van der Waals surface area contributed by atoms with Crippen LogP contribution in [0.25, 0.3) is 0 Å². The Balaban J connectivity index is 1.92. The van der Waals surface area contributed by atoms with Crippen LogP contribution in [0.1, 0.15) is 17.5 Å². The third-order valence-corrected chi connectivity index (χ3v) is 3.50. The van der Waals surface area contributed by atoms with E-state index in [1.54, 1.807) is 6.07 Å². The zero-order valence-corrected chi connectivity index (χ0v) is 10.3. The number of para-hydroxylation sites is 1. The first-order valence-corrected chi connectivity index (χ1v) is 6.44. The lowest BCUT2D eigenvalue weighted by molar-refractivity contribution is 0.470. The fourth-order valence-corrected chi connectivity index (χ4v) is 2.68. The minimum atomic E-state index is 0.406. The molecule has 2 heteroatoms. The number of nitrogens with zero attached hydrogens (tertiary/aromatic N) is 1. The van der Waals surface area contributed by atoms with Gasteiger partial charge in [0.25, 0.3) is 0 Å². The lowest BCUT2D eigenvalue weighted by Gasteiger charge is -2.32. The average Bonchev–Trinajstić information content (AvgIpc) is 2.40. The molecule has 1 heterocycles. The minimum absolute atomic E-state index is 0.406. The molecule has 0 spiro atoms. The highest BCUT2D eigenvalue weighted by molar-refractivity contribution is 5.64. The molecule has 1 N–H and O–H groups in total. The van der Waals surface area contributed by atoms with Crippen LogP contribution in [0.4, 0.5) is 5.69 Å². The van der Waals surface area contributed by atoms with E-state index >= 15 is 0 Å². The van der Waals surface area contributed by atoms with E-state index in [0.717, 1.165) is 31.6 Å². The van der Waals surface area contributed by atoms with Gasteiger partial charge in [-0.05, 0) is 30.0 Å². The number of phenols is 1. The molecule has 0 radical (unpaired) electrons. The number of benzene rings is 2. The van der Waals surface area contributed by atoms with Gasteiger partial charge in [-0.25, -0.2) is 0 Å². The summed E-state index contributed by atoms with van der Waals surface area (Å²) in [4.78, 5) is 2.28. The quantitative estimate of drug-likeness (QED) is 0.868. The smallest absolute Gasteiger partial charge is 0.139 e. The second-order valence-electron chi connectivity index (χ2n) is 4.80. The molecule has 0 bridgehead atoms. The zero-order valence-electron chi connectivity index (χ0n) is 10.3. The summed E-state index contributed by atoms with van der Waals surface area (Å²) in [7, 11) is 0. The minimum Gasteiger partial charge on any atom is -0.506 e. The van der Waals surface area contributed by atoms with E-state index in [4.69, 9.17) is 0 Å². The number of hydrogen-bond acceptors (Lipinski definition) is 2. The molecular formula is C16H17NO. The predicted octanol–water partition coefficient (Wildman–Crippen LogP) is 3.35. The summed E-state index contributed by atoms with van der Waals surface area (Å²) in [6.45, 7) is 1.88. The molecule has 2 nitrogen and oxygen atoms in total. The van der Waals surface area contributed by atoms with Crippen molar-refractivity contribution in [2.75, 3.05) is 11.4 Å². The van der Waals surface area contributed by atoms with E-state index in [2.05, 4.69) is 35.2 Å². The van der Waals surface area contributed by atoms with Crippen LogP contribution in [-0.2, 0) is 13.0 Å². The molecule has 0 saturated heterocycles. The van der Waals surface area contributed by atoms with Crippen molar-refractivity contribution in [3.05, 3.63) is 59.7 Å². The highest BCUT2D eigenvalue weighted by atomic mass is 16.3. The van der Waals surface area contributed by atoms with E-state index in [0.29, 0.717) is 5.75 Å². The maximum atomic E-state index is 10.1. The molecule has 0 fully saturated rings. The monoisotopic (exact) mass is 239 g/mol. The van der Waals surface area contributed by atoms with Gasteiger partial charge in [-0.15, -0.1) is 0 Å². The number of rotatable bonds is 2. The van der Waals surface area contributed by atoms with Gasteiger partial charge in [-0.3, -0.25) is 0 Å². The Labute approximate surface area is 107 Å². The van der Waals surface area contributed by atoms with Crippen LogP contribution >= 0.6 is 0 Å². The third-order valence-electron chi connectivity index (χ3n) is 3.50. The largest absolute Gasteiger partial charge is 0.506 e. The van der Waals surface area contributed by atoms with Gasteiger partial charge < -0.3 is 10.0 Å². The van der Waals surface area contributed by atoms with Crippen molar-refractivity contribution >= 4 is 5.69 Å². The van der Waals surface area contributed by atoms with Gasteiger partial charge in [0.2, 0.25) is 0 Å². The maximum Gasteiger partial charge on any atom is 0.139 e. The number of aromatic hydroxyl groups is 1. The Kier molecular flexibility index (Phi) is 2.93. The first kappa shape index (κ1) is 11.1. The molecule has 0 amide bonds. The van der Waals surface area contributed by atoms with E-state index in [1.807, 2.05) is 12.1 Å². The van der Waals surface area contributed by atoms with Crippen molar-refractivity contribution in [1.82, 2.24) is 0 Å². The van der Waals surface area contributed by atoms with Crippen LogP contribution in [0.15, 0.2) is 48.5 Å². The molecule has 1 aliphatic heterocycles. The molecule has 0 atom stereocenters. The van der Waals surface area contributed by atoms with Gasteiger partial charge in [0.05, 0.1) is 5.69 Å². The maximum absolute atomic E-state index is 10.1. The number of anilines is 1. The molecule has 2 aromatic carbocycles. The topological polar surface area (TPSA) is 23.5 Å². The average molecular weight is 239 g/mol. The third kappa shape index (κ3) is 2.06. The lowest BCUT2D eigenvalue weighted by Crippen LogP contribution is -2.28. The molecule has 0 aromatic heterocycles. The first-order valence-electron chi connectivity index (χ1n) is 6.44. The van der Waals surface area contributed by atoms with Crippen molar-refractivity contribution in [3.8, 4) is 5.75 Å². The molecule has 0 unspecified atom stereocenters. The number of aryl methyl sites for hydroxylation is 1. The highest BCUT2D eigenvalue weighted by Gasteiger charge is 2.19. The summed E-state index contributed by atoms with van der Waals surface area (Å²) in [6, 6.07) is 16.2. The van der Waals surface area contributed by atoms with Crippen LogP contribution in [0.2, 0.25) is 0 Å². The molecule has 0 aliphatic carbocycles. The molecule has 2 aromatic rings. The van der Waals surface area contributed by atoms with E-state index in [9.17, 15) is 5.11 Å². The van der Waals surface area contributed by atoms with Crippen molar-refractivity contribution in [2.24, 2.45) is 0 Å². The Hall–Kier alpha value is -1.96. The van der Waals surface area contributed by atoms with E-state index in [-0.39, 0.29) is 0 Å². The fourth-order valence-electron chi connectivity index (χ4n) is 2.68. The van der Waals surface area contributed by atoms with Gasteiger partial charge in [0, 0.05) is 13.1 Å². The van der Waals surface area contributed by atoms with Crippen LogP contribution in [0, 0.1) is 0 Å². The summed E-state index contributed by atoms with van der Waals surface area (Å²) in [5.74, 6) is 0.406. The van der Waals surface area contributed by atoms with Gasteiger partial charge in [-0.2, -0.15) is 0 Å². The van der Waals surface area contributed by atoms with Gasteiger partial charge in [0.15, 0.2) is 0 Å². The first-order chi connectivity index (χ1) is 8.84. The normalized spacial score (nSPS) is 14.3. The van der Waals surface area contributed by atoms with Gasteiger partial charge >= 0.3 is 0 Å².